The van der Waals surface area contributed by atoms with Gasteiger partial charge in [-0.1, -0.05) is 0 Å². The number of guanidine groups is 1. The maximum absolute atomic E-state index is 5.90. The molecule has 0 bridgehead atoms. The Kier molecular flexibility index (Phi) is 7.20. The quantitative estimate of drug-likeness (QED) is 0.418. The number of nitrogens with one attached hydrogen (secondary N) is 1. The number of hydrogen-bond donors (Lipinski definition) is 1. The van der Waals surface area contributed by atoms with Crippen molar-refractivity contribution in [2.75, 3.05) is 26.7 Å². The van der Waals surface area contributed by atoms with Gasteiger partial charge in [0.2, 0.25) is 0 Å². The molecule has 1 aliphatic heterocycles. The minimum absolute atomic E-state index is 0. The minimum Gasteiger partial charge on any atom is -0.370 e. The normalized spacial score (nSPS) is 18.2. The fourth-order valence-electron chi connectivity index (χ4n) is 2.75. The smallest absolute Gasteiger partial charge is 0.194 e. The van der Waals surface area contributed by atoms with Crippen molar-refractivity contribution in [3.8, 4) is 0 Å². The maximum atomic E-state index is 5.90. The summed E-state index contributed by atoms with van der Waals surface area (Å²) in [5.74, 6) is 0.887. The number of aliphatic imine (C=N–C) groups is 1. The lowest BCUT2D eigenvalue weighted by Crippen LogP contribution is -2.47. The lowest BCUT2D eigenvalue weighted by atomic mass is 10.1. The van der Waals surface area contributed by atoms with Gasteiger partial charge < -0.3 is 15.0 Å². The Morgan fingerprint density at radius 2 is 2.28 bits per heavy atom. The highest BCUT2D eigenvalue weighted by Crippen LogP contribution is 2.22. The van der Waals surface area contributed by atoms with Crippen molar-refractivity contribution >= 4 is 41.3 Å². The number of morpholine rings is 1. The predicted molar refractivity (Wildman–Crippen MR) is 111 cm³/mol. The second-order valence-electron chi connectivity index (χ2n) is 5.90. The Morgan fingerprint density at radius 3 is 2.88 bits per heavy atom. The van der Waals surface area contributed by atoms with Crippen LogP contribution >= 0.6 is 35.3 Å². The standard InChI is InChI=1S/C16H24N6OS.HI/c1-11-12(2)24-15(20-11)8-18-16(17-3)22-5-6-23-14(10-22)13-7-19-21(4)9-13;/h7,9,14H,5-6,8,10H2,1-4H3,(H,17,18);1H. The van der Waals surface area contributed by atoms with Crippen molar-refractivity contribution in [2.24, 2.45) is 12.0 Å². The first kappa shape index (κ1) is 20.1. The van der Waals surface area contributed by atoms with Crippen LogP contribution in [0.25, 0.3) is 0 Å². The molecule has 1 fully saturated rings. The zero-order chi connectivity index (χ0) is 17.1. The summed E-state index contributed by atoms with van der Waals surface area (Å²) in [6.07, 6.45) is 3.90. The molecule has 0 amide bonds. The van der Waals surface area contributed by atoms with Crippen LogP contribution in [0.15, 0.2) is 17.4 Å². The first-order chi connectivity index (χ1) is 11.6. The van der Waals surface area contributed by atoms with Crippen molar-refractivity contribution < 1.29 is 4.74 Å². The molecule has 1 unspecified atom stereocenters. The summed E-state index contributed by atoms with van der Waals surface area (Å²) in [4.78, 5) is 12.5. The molecule has 1 N–H and O–H groups in total. The third-order valence-corrected chi connectivity index (χ3v) is 5.22. The fourth-order valence-corrected chi connectivity index (χ4v) is 3.63. The van der Waals surface area contributed by atoms with Crippen LogP contribution in [0.5, 0.6) is 0 Å². The molecule has 138 valence electrons. The van der Waals surface area contributed by atoms with Gasteiger partial charge in [-0.15, -0.1) is 35.3 Å². The molecule has 1 aliphatic rings. The zero-order valence-electron chi connectivity index (χ0n) is 15.0. The molecule has 3 heterocycles. The SMILES string of the molecule is CN=C(NCc1nc(C)c(C)s1)N1CCOC(c2cnn(C)c2)C1.I. The first-order valence-corrected chi connectivity index (χ1v) is 8.87. The Morgan fingerprint density at radius 1 is 1.48 bits per heavy atom. The summed E-state index contributed by atoms with van der Waals surface area (Å²) < 4.78 is 7.70. The van der Waals surface area contributed by atoms with Gasteiger partial charge in [0.25, 0.3) is 0 Å². The van der Waals surface area contributed by atoms with Gasteiger partial charge in [-0.2, -0.15) is 5.10 Å². The Labute approximate surface area is 169 Å². The van der Waals surface area contributed by atoms with E-state index in [2.05, 4.69) is 32.2 Å². The van der Waals surface area contributed by atoms with Crippen LogP contribution in [0.3, 0.4) is 0 Å². The van der Waals surface area contributed by atoms with Gasteiger partial charge in [-0.3, -0.25) is 9.67 Å². The highest BCUT2D eigenvalue weighted by atomic mass is 127. The predicted octanol–water partition coefficient (Wildman–Crippen LogP) is 2.26. The van der Waals surface area contributed by atoms with E-state index in [-0.39, 0.29) is 30.1 Å². The lowest BCUT2D eigenvalue weighted by Gasteiger charge is -2.34. The molecule has 2 aromatic heterocycles. The number of aromatic nitrogens is 3. The average Bonchev–Trinajstić information content (AvgIpc) is 3.14. The van der Waals surface area contributed by atoms with Crippen molar-refractivity contribution in [3.63, 3.8) is 0 Å². The molecule has 0 aromatic carbocycles. The topological polar surface area (TPSA) is 67.6 Å². The van der Waals surface area contributed by atoms with E-state index < -0.39 is 0 Å². The molecule has 0 spiro atoms. The Balaban J connectivity index is 0.00000225. The number of rotatable bonds is 3. The minimum atomic E-state index is 0. The van der Waals surface area contributed by atoms with Crippen LogP contribution in [0.1, 0.15) is 27.2 Å². The van der Waals surface area contributed by atoms with Crippen LogP contribution in [0.2, 0.25) is 0 Å². The van der Waals surface area contributed by atoms with E-state index in [0.717, 1.165) is 35.3 Å². The Hall–Kier alpha value is -1.20. The highest BCUT2D eigenvalue weighted by Gasteiger charge is 2.25. The van der Waals surface area contributed by atoms with E-state index in [4.69, 9.17) is 4.74 Å². The Bertz CT molecular complexity index is 709. The third-order valence-electron chi connectivity index (χ3n) is 4.14. The van der Waals surface area contributed by atoms with Gasteiger partial charge in [-0.05, 0) is 13.8 Å². The van der Waals surface area contributed by atoms with Crippen LogP contribution in [0, 0.1) is 13.8 Å². The van der Waals surface area contributed by atoms with E-state index in [1.165, 1.54) is 4.88 Å². The second-order valence-corrected chi connectivity index (χ2v) is 7.19. The van der Waals surface area contributed by atoms with Crippen molar-refractivity contribution in [2.45, 2.75) is 26.5 Å². The number of hydrogen-bond acceptors (Lipinski definition) is 5. The lowest BCUT2D eigenvalue weighted by molar-refractivity contribution is -0.00805. The third kappa shape index (κ3) is 4.91. The van der Waals surface area contributed by atoms with Gasteiger partial charge in [0.1, 0.15) is 11.1 Å². The summed E-state index contributed by atoms with van der Waals surface area (Å²) in [7, 11) is 3.73. The molecule has 1 atom stereocenters. The van der Waals surface area contributed by atoms with Crippen LogP contribution in [-0.4, -0.2) is 52.4 Å². The van der Waals surface area contributed by atoms with Gasteiger partial charge in [0.05, 0.1) is 31.6 Å². The molecule has 0 aliphatic carbocycles. The van der Waals surface area contributed by atoms with E-state index in [1.54, 1.807) is 16.0 Å². The molecule has 3 rings (SSSR count). The molecule has 7 nitrogen and oxygen atoms in total. The van der Waals surface area contributed by atoms with E-state index in [0.29, 0.717) is 13.2 Å². The highest BCUT2D eigenvalue weighted by molar-refractivity contribution is 14.0. The van der Waals surface area contributed by atoms with Gasteiger partial charge >= 0.3 is 0 Å². The summed E-state index contributed by atoms with van der Waals surface area (Å²) in [5, 5.41) is 8.74. The van der Waals surface area contributed by atoms with Crippen molar-refractivity contribution in [1.29, 1.82) is 0 Å². The first-order valence-electron chi connectivity index (χ1n) is 8.05. The molecule has 1 saturated heterocycles. The molecule has 9 heteroatoms. The van der Waals surface area contributed by atoms with Crippen LogP contribution < -0.4 is 5.32 Å². The van der Waals surface area contributed by atoms with E-state index in [9.17, 15) is 0 Å². The summed E-state index contributed by atoms with van der Waals surface area (Å²) >= 11 is 1.73. The van der Waals surface area contributed by atoms with E-state index >= 15 is 0 Å². The number of nitrogens with zero attached hydrogens (tertiary/aromatic N) is 5. The summed E-state index contributed by atoms with van der Waals surface area (Å²) in [6.45, 7) is 7.11. The van der Waals surface area contributed by atoms with Gasteiger partial charge in [0, 0.05) is 37.3 Å². The fraction of sp³-hybridized carbons (Fsp3) is 0.562. The number of ether oxygens (including phenoxy) is 1. The average molecular weight is 476 g/mol. The molecule has 2 aromatic rings. The number of thiazole rings is 1. The molecular weight excluding hydrogens is 451 g/mol. The van der Waals surface area contributed by atoms with Crippen molar-refractivity contribution in [3.05, 3.63) is 33.5 Å². The number of halogens is 1. The monoisotopic (exact) mass is 476 g/mol. The van der Waals surface area contributed by atoms with Crippen molar-refractivity contribution in [1.82, 2.24) is 25.0 Å². The van der Waals surface area contributed by atoms with E-state index in [1.807, 2.05) is 33.4 Å². The molecule has 0 radical (unpaired) electrons. The zero-order valence-corrected chi connectivity index (χ0v) is 18.2. The van der Waals surface area contributed by atoms with Gasteiger partial charge in [-0.25, -0.2) is 4.98 Å². The van der Waals surface area contributed by atoms with Gasteiger partial charge in [0.15, 0.2) is 5.96 Å². The molecule has 0 saturated carbocycles. The maximum Gasteiger partial charge on any atom is 0.194 e. The summed E-state index contributed by atoms with van der Waals surface area (Å²) in [6, 6.07) is 0. The van der Waals surface area contributed by atoms with Crippen LogP contribution in [-0.2, 0) is 18.3 Å². The van der Waals surface area contributed by atoms with Crippen LogP contribution in [0.4, 0.5) is 0 Å². The molecule has 25 heavy (non-hydrogen) atoms. The molecular formula is C16H25IN6OS. The number of aryl methyl sites for hydroxylation is 3. The summed E-state index contributed by atoms with van der Waals surface area (Å²) in [5.41, 5.74) is 2.21. The second kappa shape index (κ2) is 8.95. The largest absolute Gasteiger partial charge is 0.370 e.